The summed E-state index contributed by atoms with van der Waals surface area (Å²) in [6.45, 7) is 8.84. The topological polar surface area (TPSA) is 9.23 Å². The van der Waals surface area contributed by atoms with Crippen LogP contribution in [0.5, 0.6) is 5.75 Å². The van der Waals surface area contributed by atoms with Crippen molar-refractivity contribution in [3.8, 4) is 5.75 Å². The summed E-state index contributed by atoms with van der Waals surface area (Å²) in [4.78, 5) is 0. The molecule has 0 radical (unpaired) electrons. The zero-order valence-corrected chi connectivity index (χ0v) is 16.5. The normalized spacial score (nSPS) is 18.4. The summed E-state index contributed by atoms with van der Waals surface area (Å²) in [6, 6.07) is 22.5. The van der Waals surface area contributed by atoms with Gasteiger partial charge in [0.15, 0.2) is 0 Å². The Morgan fingerprint density at radius 1 is 0.643 bits per heavy atom. The van der Waals surface area contributed by atoms with Crippen molar-refractivity contribution < 1.29 is 4.74 Å². The van der Waals surface area contributed by atoms with Crippen LogP contribution in [0.25, 0.3) is 0 Å². The maximum atomic E-state index is 6.33. The molecule has 0 heterocycles. The van der Waals surface area contributed by atoms with Crippen LogP contribution >= 0.6 is 0 Å². The van der Waals surface area contributed by atoms with E-state index in [1.165, 1.54) is 38.9 Å². The van der Waals surface area contributed by atoms with Crippen LogP contribution in [0.4, 0.5) is 0 Å². The molecule has 1 heteroatoms. The molecule has 0 fully saturated rings. The van der Waals surface area contributed by atoms with Crippen LogP contribution in [0.15, 0.2) is 60.7 Å². The molecule has 0 aliphatic heterocycles. The average Bonchev–Trinajstić information content (AvgIpc) is 2.67. The van der Waals surface area contributed by atoms with Crippen molar-refractivity contribution in [1.82, 2.24) is 0 Å². The smallest absolute Gasteiger partial charge is 0.124 e. The number of ether oxygens (including phenoxy) is 1. The Morgan fingerprint density at radius 3 is 1.54 bits per heavy atom. The molecule has 0 atom stereocenters. The van der Waals surface area contributed by atoms with Crippen LogP contribution < -0.4 is 4.74 Å². The molecule has 3 aromatic rings. The lowest BCUT2D eigenvalue weighted by atomic mass is 9.59. The third kappa shape index (κ3) is 2.53. The summed E-state index contributed by atoms with van der Waals surface area (Å²) in [5, 5.41) is 0. The second-order valence-electron chi connectivity index (χ2n) is 8.43. The van der Waals surface area contributed by atoms with Gasteiger partial charge in [-0.15, -0.1) is 0 Å². The van der Waals surface area contributed by atoms with Crippen molar-refractivity contribution in [3.05, 3.63) is 99.6 Å². The van der Waals surface area contributed by atoms with Gasteiger partial charge in [-0.1, -0.05) is 75.9 Å². The summed E-state index contributed by atoms with van der Waals surface area (Å²) >= 11 is 0. The minimum Gasteiger partial charge on any atom is -0.491 e. The average molecular weight is 371 g/mol. The van der Waals surface area contributed by atoms with Gasteiger partial charge in [0.25, 0.3) is 0 Å². The van der Waals surface area contributed by atoms with E-state index in [1.807, 2.05) is 0 Å². The lowest BCUT2D eigenvalue weighted by Crippen LogP contribution is -2.29. The maximum absolute atomic E-state index is 6.33. The molecule has 0 amide bonds. The van der Waals surface area contributed by atoms with Gasteiger partial charge in [-0.3, -0.25) is 0 Å². The van der Waals surface area contributed by atoms with Crippen molar-refractivity contribution in [2.24, 2.45) is 0 Å². The molecule has 144 valence electrons. The number of benzene rings is 3. The summed E-state index contributed by atoms with van der Waals surface area (Å²) in [6.07, 6.45) is 0.171. The first-order valence-corrected chi connectivity index (χ1v) is 10.1. The van der Waals surface area contributed by atoms with Gasteiger partial charge in [0.2, 0.25) is 0 Å². The highest BCUT2D eigenvalue weighted by Gasteiger charge is 2.44. The van der Waals surface area contributed by atoms with E-state index < -0.39 is 0 Å². The molecule has 0 unspecified atom stereocenters. The van der Waals surface area contributed by atoms with Gasteiger partial charge in [-0.05, 0) is 59.2 Å². The highest BCUT2D eigenvalue weighted by atomic mass is 16.5. The van der Waals surface area contributed by atoms with Crippen LogP contribution in [0.3, 0.4) is 0 Å². The largest absolute Gasteiger partial charge is 0.491 e. The third-order valence-electron chi connectivity index (χ3n) is 6.08. The summed E-state index contributed by atoms with van der Waals surface area (Å²) in [5.74, 6) is 2.13. The van der Waals surface area contributed by atoms with Gasteiger partial charge in [0.1, 0.15) is 5.75 Å². The highest BCUT2D eigenvalue weighted by Crippen LogP contribution is 2.59. The lowest BCUT2D eigenvalue weighted by molar-refractivity contribution is 0.239. The molecule has 1 nitrogen and oxygen atoms in total. The molecule has 3 aromatic carbocycles. The van der Waals surface area contributed by atoms with Crippen molar-refractivity contribution >= 4 is 0 Å². The minimum atomic E-state index is 0. The van der Waals surface area contributed by atoms with E-state index >= 15 is 0 Å². The molecule has 28 heavy (non-hydrogen) atoms. The van der Waals surface area contributed by atoms with E-state index in [4.69, 9.17) is 4.74 Å². The number of hydrogen-bond acceptors (Lipinski definition) is 1. The van der Waals surface area contributed by atoms with E-state index in [1.54, 1.807) is 0 Å². The van der Waals surface area contributed by atoms with Crippen LogP contribution in [0.1, 0.15) is 91.8 Å². The van der Waals surface area contributed by atoms with Crippen molar-refractivity contribution in [1.29, 1.82) is 0 Å². The van der Waals surface area contributed by atoms with Crippen molar-refractivity contribution in [2.45, 2.75) is 59.0 Å². The van der Waals surface area contributed by atoms with Crippen LogP contribution in [-0.4, -0.2) is 6.10 Å². The summed E-state index contributed by atoms with van der Waals surface area (Å²) in [5.41, 5.74) is 10.2. The fourth-order valence-corrected chi connectivity index (χ4v) is 5.14. The van der Waals surface area contributed by atoms with Crippen LogP contribution in [-0.2, 0) is 0 Å². The maximum Gasteiger partial charge on any atom is 0.124 e. The van der Waals surface area contributed by atoms with Crippen LogP contribution in [0.2, 0.25) is 0 Å². The van der Waals surface area contributed by atoms with Gasteiger partial charge >= 0.3 is 0 Å². The van der Waals surface area contributed by atoms with Gasteiger partial charge in [0, 0.05) is 17.4 Å². The monoisotopic (exact) mass is 370 g/mol. The Labute approximate surface area is 169 Å². The standard InChI is InChI=1S/C26H26O.CH4/c1-15(2)17-13-14-22(27-16(3)4)26-24-20-11-7-5-9-18(20)23(25(17)26)19-10-6-8-12-21(19)24;/h5-16,23-24H,1-4H3;1H4. The molecule has 0 saturated carbocycles. The molecule has 0 saturated heterocycles. The van der Waals surface area contributed by atoms with Gasteiger partial charge < -0.3 is 4.74 Å². The number of rotatable bonds is 3. The molecule has 0 spiro atoms. The Balaban J connectivity index is 0.00000192. The zero-order valence-electron chi connectivity index (χ0n) is 16.5. The van der Waals surface area contributed by atoms with E-state index in [2.05, 4.69) is 88.4 Å². The SMILES string of the molecule is C.CC(C)Oc1ccc(C(C)C)c2c1C1c3ccccc3C2c2ccccc21. The molecule has 3 aliphatic carbocycles. The van der Waals surface area contributed by atoms with Crippen molar-refractivity contribution in [2.75, 3.05) is 0 Å². The molecule has 6 rings (SSSR count). The fraction of sp³-hybridized carbons (Fsp3) is 0.333. The van der Waals surface area contributed by atoms with E-state index in [0.717, 1.165) is 5.75 Å². The van der Waals surface area contributed by atoms with Crippen LogP contribution in [0, 0.1) is 0 Å². The quantitative estimate of drug-likeness (QED) is 0.326. The Morgan fingerprint density at radius 2 is 1.11 bits per heavy atom. The first-order chi connectivity index (χ1) is 13.1. The fourth-order valence-electron chi connectivity index (χ4n) is 5.14. The molecule has 0 aromatic heterocycles. The third-order valence-corrected chi connectivity index (χ3v) is 6.08. The molecule has 3 aliphatic rings. The second kappa shape index (κ2) is 6.81. The summed E-state index contributed by atoms with van der Waals surface area (Å²) in [7, 11) is 0. The van der Waals surface area contributed by atoms with E-state index in [9.17, 15) is 0 Å². The Hall–Kier alpha value is -2.54. The zero-order chi connectivity index (χ0) is 18.7. The molecule has 0 N–H and O–H groups in total. The van der Waals surface area contributed by atoms with E-state index in [0.29, 0.717) is 11.8 Å². The number of hydrogen-bond donors (Lipinski definition) is 0. The molecular formula is C27H30O. The van der Waals surface area contributed by atoms with Gasteiger partial charge in [-0.25, -0.2) is 0 Å². The predicted molar refractivity (Wildman–Crippen MR) is 118 cm³/mol. The van der Waals surface area contributed by atoms with E-state index in [-0.39, 0.29) is 19.4 Å². The lowest BCUT2D eigenvalue weighted by Gasteiger charge is -2.44. The first kappa shape index (κ1) is 18.8. The Bertz CT molecular complexity index is 981. The van der Waals surface area contributed by atoms with Gasteiger partial charge in [0.05, 0.1) is 6.10 Å². The summed E-state index contributed by atoms with van der Waals surface area (Å²) < 4.78 is 6.33. The first-order valence-electron chi connectivity index (χ1n) is 10.1. The molecule has 2 bridgehead atoms. The van der Waals surface area contributed by atoms with Crippen molar-refractivity contribution in [3.63, 3.8) is 0 Å². The van der Waals surface area contributed by atoms with Gasteiger partial charge in [-0.2, -0.15) is 0 Å². The predicted octanol–water partition coefficient (Wildman–Crippen LogP) is 7.22. The highest BCUT2D eigenvalue weighted by molar-refractivity contribution is 5.72. The second-order valence-corrected chi connectivity index (χ2v) is 8.43. The Kier molecular flexibility index (Phi) is 4.57. The molecular weight excluding hydrogens is 340 g/mol. The minimum absolute atomic E-state index is 0.